The second kappa shape index (κ2) is 5.76. The molecule has 0 saturated heterocycles. The third-order valence-corrected chi connectivity index (χ3v) is 3.32. The molecule has 6 heteroatoms. The predicted molar refractivity (Wildman–Crippen MR) is 86.2 cm³/mol. The number of hydrogen-bond acceptors (Lipinski definition) is 5. The quantitative estimate of drug-likeness (QED) is 0.453. The van der Waals surface area contributed by atoms with Gasteiger partial charge in [0.15, 0.2) is 0 Å². The van der Waals surface area contributed by atoms with Crippen LogP contribution < -0.4 is 5.63 Å². The summed E-state index contributed by atoms with van der Waals surface area (Å²) < 4.78 is 5.05. The Morgan fingerprint density at radius 1 is 1.04 bits per heavy atom. The van der Waals surface area contributed by atoms with E-state index in [-0.39, 0.29) is 11.4 Å². The molecule has 3 aromatic rings. The van der Waals surface area contributed by atoms with Gasteiger partial charge >= 0.3 is 5.63 Å². The zero-order chi connectivity index (χ0) is 16.4. The van der Waals surface area contributed by atoms with Crippen LogP contribution in [0.1, 0.15) is 11.1 Å². The molecule has 0 radical (unpaired) electrons. The molecule has 0 bridgehead atoms. The van der Waals surface area contributed by atoms with Crippen LogP contribution >= 0.6 is 0 Å². The molecule has 2 aromatic carbocycles. The number of nitrogens with zero attached hydrogens (tertiary/aromatic N) is 1. The molecule has 1 heterocycles. The highest BCUT2D eigenvalue weighted by Gasteiger charge is 2.05. The fraction of sp³-hybridized carbons (Fsp3) is 0. The fourth-order valence-electron chi connectivity index (χ4n) is 2.21. The van der Waals surface area contributed by atoms with Crippen molar-refractivity contribution in [2.45, 2.75) is 0 Å². The molecule has 0 spiro atoms. The highest BCUT2D eigenvalue weighted by Crippen LogP contribution is 2.23. The predicted octanol–water partition coefficient (Wildman–Crippen LogP) is 3.58. The molecule has 23 heavy (non-hydrogen) atoms. The number of phenols is 1. The first kappa shape index (κ1) is 14.5. The van der Waals surface area contributed by atoms with Crippen LogP contribution in [-0.4, -0.2) is 10.0 Å². The molecule has 0 unspecified atom stereocenters. The number of nitro benzene ring substituents is 1. The van der Waals surface area contributed by atoms with Gasteiger partial charge in [-0.3, -0.25) is 10.1 Å². The van der Waals surface area contributed by atoms with Gasteiger partial charge in [-0.2, -0.15) is 0 Å². The lowest BCUT2D eigenvalue weighted by atomic mass is 10.1. The normalized spacial score (nSPS) is 11.1. The van der Waals surface area contributed by atoms with Gasteiger partial charge in [0.25, 0.3) is 5.69 Å². The van der Waals surface area contributed by atoms with E-state index in [0.29, 0.717) is 16.5 Å². The lowest BCUT2D eigenvalue weighted by Crippen LogP contribution is -1.97. The molecule has 1 aromatic heterocycles. The summed E-state index contributed by atoms with van der Waals surface area (Å²) in [7, 11) is 0. The van der Waals surface area contributed by atoms with E-state index in [2.05, 4.69) is 0 Å². The van der Waals surface area contributed by atoms with Crippen molar-refractivity contribution in [2.75, 3.05) is 0 Å². The van der Waals surface area contributed by atoms with E-state index in [9.17, 15) is 20.0 Å². The number of phenolic OH excluding ortho intramolecular Hbond substituents is 1. The summed E-state index contributed by atoms with van der Waals surface area (Å²) in [5.41, 5.74) is 1.18. The van der Waals surface area contributed by atoms with Crippen molar-refractivity contribution < 1.29 is 14.4 Å². The Morgan fingerprint density at radius 3 is 2.48 bits per heavy atom. The Balaban J connectivity index is 2.00. The Morgan fingerprint density at radius 2 is 1.78 bits per heavy atom. The van der Waals surface area contributed by atoms with Crippen LogP contribution in [0.2, 0.25) is 0 Å². The Labute approximate surface area is 130 Å². The van der Waals surface area contributed by atoms with Crippen molar-refractivity contribution in [1.82, 2.24) is 0 Å². The molecule has 0 atom stereocenters. The molecule has 0 aliphatic carbocycles. The Bertz CT molecular complexity index is 970. The molecule has 0 aliphatic rings. The van der Waals surface area contributed by atoms with E-state index in [0.717, 1.165) is 5.56 Å². The molecule has 0 saturated carbocycles. The monoisotopic (exact) mass is 309 g/mol. The maximum absolute atomic E-state index is 11.6. The van der Waals surface area contributed by atoms with Crippen molar-refractivity contribution in [1.29, 1.82) is 0 Å². The smallest absolute Gasteiger partial charge is 0.336 e. The summed E-state index contributed by atoms with van der Waals surface area (Å²) in [6.07, 6.45) is 3.46. The van der Waals surface area contributed by atoms with Crippen molar-refractivity contribution in [3.05, 3.63) is 80.2 Å². The second-order valence-electron chi connectivity index (χ2n) is 4.88. The lowest BCUT2D eigenvalue weighted by molar-refractivity contribution is -0.384. The van der Waals surface area contributed by atoms with Gasteiger partial charge in [0, 0.05) is 29.7 Å². The molecule has 1 N–H and O–H groups in total. The third kappa shape index (κ3) is 3.11. The van der Waals surface area contributed by atoms with Gasteiger partial charge < -0.3 is 9.52 Å². The summed E-state index contributed by atoms with van der Waals surface area (Å²) in [6, 6.07) is 11.9. The van der Waals surface area contributed by atoms with Gasteiger partial charge in [0.2, 0.25) is 0 Å². The summed E-state index contributed by atoms with van der Waals surface area (Å²) in [5, 5.41) is 20.8. The van der Waals surface area contributed by atoms with Crippen LogP contribution in [0.15, 0.2) is 57.7 Å². The molecule has 0 fully saturated rings. The zero-order valence-corrected chi connectivity index (χ0v) is 11.8. The van der Waals surface area contributed by atoms with E-state index in [4.69, 9.17) is 4.42 Å². The molecular formula is C17H11NO5. The van der Waals surface area contributed by atoms with Crippen molar-refractivity contribution >= 4 is 28.8 Å². The van der Waals surface area contributed by atoms with Gasteiger partial charge in [-0.1, -0.05) is 12.2 Å². The van der Waals surface area contributed by atoms with Gasteiger partial charge in [-0.25, -0.2) is 4.79 Å². The highest BCUT2D eigenvalue weighted by atomic mass is 16.6. The molecule has 114 valence electrons. The average Bonchev–Trinajstić information content (AvgIpc) is 2.52. The first-order valence-electron chi connectivity index (χ1n) is 6.72. The van der Waals surface area contributed by atoms with Gasteiger partial charge in [0.05, 0.1) is 4.92 Å². The fourth-order valence-corrected chi connectivity index (χ4v) is 2.21. The number of nitro groups is 1. The summed E-state index contributed by atoms with van der Waals surface area (Å²) in [6.45, 7) is 0. The number of fused-ring (bicyclic) bond motifs is 1. The van der Waals surface area contributed by atoms with Crippen LogP contribution in [0.5, 0.6) is 5.75 Å². The largest absolute Gasteiger partial charge is 0.508 e. The minimum absolute atomic E-state index is 0.0112. The topological polar surface area (TPSA) is 93.6 Å². The summed E-state index contributed by atoms with van der Waals surface area (Å²) >= 11 is 0. The zero-order valence-electron chi connectivity index (χ0n) is 11.8. The molecule has 0 amide bonds. The number of aromatic hydroxyl groups is 1. The molecule has 6 nitrogen and oxygen atoms in total. The van der Waals surface area contributed by atoms with Gasteiger partial charge in [-0.15, -0.1) is 0 Å². The second-order valence-corrected chi connectivity index (χ2v) is 4.88. The third-order valence-electron chi connectivity index (χ3n) is 3.32. The SMILES string of the molecule is O=c1cc(/C=C/c2ccc([N+](=O)[O-])cc2)c2ccc(O)cc2o1. The van der Waals surface area contributed by atoms with Crippen LogP contribution in [-0.2, 0) is 0 Å². The van der Waals surface area contributed by atoms with E-state index < -0.39 is 10.5 Å². The highest BCUT2D eigenvalue weighted by molar-refractivity contribution is 5.89. The van der Waals surface area contributed by atoms with Crippen LogP contribution in [0.4, 0.5) is 5.69 Å². The number of benzene rings is 2. The molecule has 0 aliphatic heterocycles. The number of non-ortho nitro benzene ring substituents is 1. The Hall–Kier alpha value is -3.41. The van der Waals surface area contributed by atoms with Gasteiger partial charge in [0.1, 0.15) is 11.3 Å². The molecular weight excluding hydrogens is 298 g/mol. The first-order valence-corrected chi connectivity index (χ1v) is 6.72. The van der Waals surface area contributed by atoms with Crippen molar-refractivity contribution in [3.8, 4) is 5.75 Å². The molecule has 3 rings (SSSR count). The van der Waals surface area contributed by atoms with Crippen molar-refractivity contribution in [2.24, 2.45) is 0 Å². The van der Waals surface area contributed by atoms with Crippen LogP contribution in [0.3, 0.4) is 0 Å². The first-order chi connectivity index (χ1) is 11.0. The standard InChI is InChI=1S/C17H11NO5/c19-14-7-8-15-12(9-17(20)23-16(15)10-14)4-1-11-2-5-13(6-3-11)18(21)22/h1-10,19H/b4-1+. The van der Waals surface area contributed by atoms with E-state index in [1.807, 2.05) is 0 Å². The van der Waals surface area contributed by atoms with Crippen LogP contribution in [0, 0.1) is 10.1 Å². The van der Waals surface area contributed by atoms with Gasteiger partial charge in [-0.05, 0) is 35.4 Å². The van der Waals surface area contributed by atoms with E-state index in [1.165, 1.54) is 30.3 Å². The number of hydrogen-bond donors (Lipinski definition) is 1. The summed E-state index contributed by atoms with van der Waals surface area (Å²) in [4.78, 5) is 21.8. The van der Waals surface area contributed by atoms with E-state index >= 15 is 0 Å². The van der Waals surface area contributed by atoms with E-state index in [1.54, 1.807) is 30.4 Å². The van der Waals surface area contributed by atoms with Crippen LogP contribution in [0.25, 0.3) is 23.1 Å². The minimum Gasteiger partial charge on any atom is -0.508 e. The number of rotatable bonds is 3. The lowest BCUT2D eigenvalue weighted by Gasteiger charge is -2.01. The summed E-state index contributed by atoms with van der Waals surface area (Å²) in [5.74, 6) is 0.0112. The maximum atomic E-state index is 11.6. The Kier molecular flexibility index (Phi) is 3.64. The maximum Gasteiger partial charge on any atom is 0.336 e. The average molecular weight is 309 g/mol. The minimum atomic E-state index is -0.522. The van der Waals surface area contributed by atoms with Crippen molar-refractivity contribution in [3.63, 3.8) is 0 Å².